The molecular weight excluding hydrogens is 282 g/mol. The summed E-state index contributed by atoms with van der Waals surface area (Å²) in [4.78, 5) is 0. The fourth-order valence-corrected chi connectivity index (χ4v) is 3.75. The first kappa shape index (κ1) is 12.7. The summed E-state index contributed by atoms with van der Waals surface area (Å²) in [6.07, 6.45) is 1.46. The number of rotatable bonds is 2. The highest BCUT2D eigenvalue weighted by Gasteiger charge is 2.27. The maximum atomic E-state index is 11.9. The van der Waals surface area contributed by atoms with Gasteiger partial charge in [0, 0.05) is 12.6 Å². The van der Waals surface area contributed by atoms with Crippen molar-refractivity contribution in [3.05, 3.63) is 10.7 Å². The zero-order valence-corrected chi connectivity index (χ0v) is 11.5. The summed E-state index contributed by atoms with van der Waals surface area (Å²) in [5.74, 6) is 0. The van der Waals surface area contributed by atoms with Crippen molar-refractivity contribution in [2.24, 2.45) is 7.05 Å². The first-order chi connectivity index (χ1) is 6.63. The largest absolute Gasteiger partial charge is 0.259 e. The van der Waals surface area contributed by atoms with Gasteiger partial charge in [-0.1, -0.05) is 0 Å². The quantitative estimate of drug-likeness (QED) is 0.893. The number of halogens is 1. The minimum Gasteiger partial charge on any atom is -0.255 e. The second-order valence-corrected chi connectivity index (χ2v) is 6.73. The lowest BCUT2D eigenvalue weighted by Gasteiger charge is -2.20. The number of sulfonamides is 1. The molecule has 7 heteroatoms. The highest BCUT2D eigenvalue weighted by Crippen LogP contribution is 2.21. The zero-order chi connectivity index (χ0) is 11.9. The first-order valence-corrected chi connectivity index (χ1v) is 6.62. The van der Waals surface area contributed by atoms with Crippen LogP contribution in [0.15, 0.2) is 15.7 Å². The average molecular weight is 296 g/mol. The van der Waals surface area contributed by atoms with E-state index in [4.69, 9.17) is 0 Å². The maximum absolute atomic E-state index is 11.9. The summed E-state index contributed by atoms with van der Waals surface area (Å²) < 4.78 is 28.2. The predicted molar refractivity (Wildman–Crippen MR) is 61.0 cm³/mol. The van der Waals surface area contributed by atoms with Crippen molar-refractivity contribution < 1.29 is 8.42 Å². The molecule has 0 saturated heterocycles. The Labute approximate surface area is 98.0 Å². The number of hydrogen-bond acceptors (Lipinski definition) is 3. The first-order valence-electron chi connectivity index (χ1n) is 4.35. The molecule has 0 radical (unpaired) electrons. The molecule has 15 heavy (non-hydrogen) atoms. The van der Waals surface area contributed by atoms with E-state index < -0.39 is 15.6 Å². The molecule has 1 rings (SSSR count). The number of hydrogen-bond donors (Lipinski definition) is 1. The van der Waals surface area contributed by atoms with Crippen LogP contribution in [0.4, 0.5) is 0 Å². The molecule has 0 aliphatic rings. The highest BCUT2D eigenvalue weighted by molar-refractivity contribution is 9.10. The molecule has 0 aromatic carbocycles. The van der Waals surface area contributed by atoms with Gasteiger partial charge in [0.25, 0.3) is 10.0 Å². The van der Waals surface area contributed by atoms with E-state index in [0.717, 1.165) is 0 Å². The minimum atomic E-state index is -3.53. The van der Waals surface area contributed by atoms with Crippen LogP contribution in [0.1, 0.15) is 20.8 Å². The van der Waals surface area contributed by atoms with Crippen LogP contribution in [0.3, 0.4) is 0 Å². The van der Waals surface area contributed by atoms with Crippen LogP contribution in [0, 0.1) is 0 Å². The Morgan fingerprint density at radius 3 is 2.33 bits per heavy atom. The molecule has 0 unspecified atom stereocenters. The van der Waals surface area contributed by atoms with Gasteiger partial charge >= 0.3 is 0 Å². The molecule has 86 valence electrons. The third-order valence-corrected chi connectivity index (χ3v) is 4.25. The van der Waals surface area contributed by atoms with Crippen molar-refractivity contribution in [3.63, 3.8) is 0 Å². The van der Waals surface area contributed by atoms with Gasteiger partial charge in [-0.05, 0) is 36.7 Å². The molecular formula is C8H14BrN3O2S. The van der Waals surface area contributed by atoms with Crippen molar-refractivity contribution >= 4 is 26.0 Å². The number of nitrogens with zero attached hydrogens (tertiary/aromatic N) is 2. The van der Waals surface area contributed by atoms with Gasteiger partial charge in [0.05, 0.1) is 10.7 Å². The van der Waals surface area contributed by atoms with Crippen molar-refractivity contribution in [1.82, 2.24) is 14.5 Å². The monoisotopic (exact) mass is 295 g/mol. The smallest absolute Gasteiger partial charge is 0.255 e. The van der Waals surface area contributed by atoms with E-state index in [-0.39, 0.29) is 5.03 Å². The topological polar surface area (TPSA) is 64.0 Å². The molecule has 0 amide bonds. The normalized spacial score (nSPS) is 13.1. The number of nitrogens with one attached hydrogen (secondary N) is 1. The maximum Gasteiger partial charge on any atom is 0.259 e. The third-order valence-electron chi connectivity index (χ3n) is 1.54. The van der Waals surface area contributed by atoms with Crippen LogP contribution in [0.2, 0.25) is 0 Å². The highest BCUT2D eigenvalue weighted by atomic mass is 79.9. The van der Waals surface area contributed by atoms with Gasteiger partial charge in [0.1, 0.15) is 0 Å². The molecule has 1 heterocycles. The molecule has 0 saturated carbocycles. The minimum absolute atomic E-state index is 0.137. The van der Waals surface area contributed by atoms with Crippen molar-refractivity contribution in [2.75, 3.05) is 0 Å². The molecule has 1 aromatic rings. The lowest BCUT2D eigenvalue weighted by molar-refractivity contribution is 0.484. The lowest BCUT2D eigenvalue weighted by Crippen LogP contribution is -2.41. The average Bonchev–Trinajstić information content (AvgIpc) is 2.25. The molecule has 1 N–H and O–H groups in total. The summed E-state index contributed by atoms with van der Waals surface area (Å²) in [7, 11) is -1.95. The Kier molecular flexibility index (Phi) is 3.27. The van der Waals surface area contributed by atoms with Crippen molar-refractivity contribution in [1.29, 1.82) is 0 Å². The summed E-state index contributed by atoms with van der Waals surface area (Å²) in [6.45, 7) is 5.36. The van der Waals surface area contributed by atoms with Crippen LogP contribution >= 0.6 is 15.9 Å². The van der Waals surface area contributed by atoms with E-state index in [9.17, 15) is 8.42 Å². The van der Waals surface area contributed by atoms with Gasteiger partial charge < -0.3 is 0 Å². The van der Waals surface area contributed by atoms with Crippen LogP contribution < -0.4 is 4.72 Å². The fourth-order valence-electron chi connectivity index (χ4n) is 1.15. The van der Waals surface area contributed by atoms with Gasteiger partial charge in [-0.3, -0.25) is 4.68 Å². The second kappa shape index (κ2) is 3.88. The van der Waals surface area contributed by atoms with Gasteiger partial charge in [0.2, 0.25) is 0 Å². The number of aryl methyl sites for hydroxylation is 1. The third kappa shape index (κ3) is 3.02. The SMILES string of the molecule is Cn1ncc(Br)c1S(=O)(=O)NC(C)(C)C. The van der Waals surface area contributed by atoms with E-state index in [1.807, 2.05) is 0 Å². The van der Waals surface area contributed by atoms with Gasteiger partial charge in [-0.15, -0.1) is 0 Å². The Morgan fingerprint density at radius 2 is 2.00 bits per heavy atom. The predicted octanol–water partition coefficient (Wildman–Crippen LogP) is 1.26. The molecule has 0 atom stereocenters. The van der Waals surface area contributed by atoms with Crippen molar-refractivity contribution in [2.45, 2.75) is 31.3 Å². The van der Waals surface area contributed by atoms with Crippen molar-refractivity contribution in [3.8, 4) is 0 Å². The zero-order valence-electron chi connectivity index (χ0n) is 9.07. The molecule has 0 aliphatic carbocycles. The number of aromatic nitrogens is 2. The van der Waals surface area contributed by atoms with Crippen LogP contribution in [0.25, 0.3) is 0 Å². The molecule has 0 spiro atoms. The summed E-state index contributed by atoms with van der Waals surface area (Å²) in [5, 5.41) is 4.00. The van der Waals surface area contributed by atoms with E-state index in [2.05, 4.69) is 25.8 Å². The lowest BCUT2D eigenvalue weighted by atomic mass is 10.1. The van der Waals surface area contributed by atoms with E-state index >= 15 is 0 Å². The Bertz CT molecular complexity index is 439. The Hall–Kier alpha value is -0.400. The van der Waals surface area contributed by atoms with Gasteiger partial charge in [0.15, 0.2) is 5.03 Å². The molecule has 1 aromatic heterocycles. The van der Waals surface area contributed by atoms with Crippen LogP contribution in [-0.2, 0) is 17.1 Å². The molecule has 0 aliphatic heterocycles. The van der Waals surface area contributed by atoms with Gasteiger partial charge in [-0.2, -0.15) is 5.10 Å². The summed E-state index contributed by atoms with van der Waals surface area (Å²) in [6, 6.07) is 0. The molecule has 0 fully saturated rings. The Balaban J connectivity index is 3.18. The molecule has 0 bridgehead atoms. The Morgan fingerprint density at radius 1 is 1.47 bits per heavy atom. The van der Waals surface area contributed by atoms with Crippen LogP contribution in [-0.4, -0.2) is 23.7 Å². The molecule has 5 nitrogen and oxygen atoms in total. The van der Waals surface area contributed by atoms with E-state index in [1.165, 1.54) is 10.9 Å². The second-order valence-electron chi connectivity index (χ2n) is 4.28. The summed E-state index contributed by atoms with van der Waals surface area (Å²) in [5.41, 5.74) is -0.511. The van der Waals surface area contributed by atoms with Crippen LogP contribution in [0.5, 0.6) is 0 Å². The van der Waals surface area contributed by atoms with Gasteiger partial charge in [-0.25, -0.2) is 13.1 Å². The summed E-state index contributed by atoms with van der Waals surface area (Å²) >= 11 is 3.16. The van der Waals surface area contributed by atoms with E-state index in [0.29, 0.717) is 4.47 Å². The standard InChI is InChI=1S/C8H14BrN3O2S/c1-8(2,3)11-15(13,14)7-6(9)5-10-12(7)4/h5,11H,1-4H3. The fraction of sp³-hybridized carbons (Fsp3) is 0.625. The van der Waals surface area contributed by atoms with E-state index in [1.54, 1.807) is 27.8 Å².